The molecule has 2 aromatic carbocycles. The van der Waals surface area contributed by atoms with Crippen molar-refractivity contribution in [2.45, 2.75) is 13.2 Å². The Morgan fingerprint density at radius 2 is 1.80 bits per heavy atom. The van der Waals surface area contributed by atoms with E-state index in [1.54, 1.807) is 25.6 Å². The Morgan fingerprint density at radius 3 is 2.53 bits per heavy atom. The van der Waals surface area contributed by atoms with Gasteiger partial charge in [0.15, 0.2) is 0 Å². The van der Waals surface area contributed by atoms with Gasteiger partial charge in [0.25, 0.3) is 0 Å². The Hall–Kier alpha value is -2.26. The fraction of sp³-hybridized carbons (Fsp3) is 0.333. The van der Waals surface area contributed by atoms with Crippen LogP contribution in [0.25, 0.3) is 5.69 Å². The lowest BCUT2D eigenvalue weighted by molar-refractivity contribution is 0.0974. The van der Waals surface area contributed by atoms with Gasteiger partial charge in [0.2, 0.25) is 4.77 Å². The molecule has 0 radical (unpaired) electrons. The van der Waals surface area contributed by atoms with Gasteiger partial charge in [-0.1, -0.05) is 29.8 Å². The molecule has 0 aliphatic carbocycles. The van der Waals surface area contributed by atoms with Gasteiger partial charge < -0.3 is 4.74 Å². The van der Waals surface area contributed by atoms with Crippen LogP contribution < -0.4 is 4.74 Å². The number of nitrogens with zero attached hydrogens (tertiary/aromatic N) is 5. The largest absolute Gasteiger partial charge is 0.495 e. The molecule has 0 unspecified atom stereocenters. The molecule has 9 heteroatoms. The van der Waals surface area contributed by atoms with E-state index in [0.717, 1.165) is 37.6 Å². The lowest BCUT2D eigenvalue weighted by Crippen LogP contribution is -2.46. The number of piperazine rings is 1. The van der Waals surface area contributed by atoms with Gasteiger partial charge >= 0.3 is 0 Å². The van der Waals surface area contributed by atoms with Crippen LogP contribution in [0.2, 0.25) is 5.02 Å². The number of benzene rings is 2. The van der Waals surface area contributed by atoms with Crippen LogP contribution in [0.15, 0.2) is 48.8 Å². The van der Waals surface area contributed by atoms with E-state index in [0.29, 0.717) is 28.6 Å². The molecule has 1 aromatic heterocycles. The number of rotatable bonds is 6. The van der Waals surface area contributed by atoms with Gasteiger partial charge in [-0.2, -0.15) is 5.10 Å². The maximum atomic E-state index is 14.1. The Balaban J connectivity index is 1.39. The maximum absolute atomic E-state index is 14.1. The van der Waals surface area contributed by atoms with E-state index in [9.17, 15) is 4.39 Å². The van der Waals surface area contributed by atoms with Crippen molar-refractivity contribution in [2.24, 2.45) is 0 Å². The van der Waals surface area contributed by atoms with Gasteiger partial charge in [0.05, 0.1) is 19.5 Å². The Kier molecular flexibility index (Phi) is 6.48. The van der Waals surface area contributed by atoms with E-state index in [4.69, 9.17) is 28.6 Å². The zero-order valence-electron chi connectivity index (χ0n) is 16.7. The first-order chi connectivity index (χ1) is 14.6. The van der Waals surface area contributed by atoms with Crippen molar-refractivity contribution in [1.82, 2.24) is 24.1 Å². The molecule has 1 aliphatic heterocycles. The Morgan fingerprint density at radius 1 is 1.07 bits per heavy atom. The molecule has 2 heterocycles. The summed E-state index contributed by atoms with van der Waals surface area (Å²) in [5.41, 5.74) is 1.42. The summed E-state index contributed by atoms with van der Waals surface area (Å²) in [6.45, 7) is 4.46. The zero-order valence-corrected chi connectivity index (χ0v) is 18.2. The summed E-state index contributed by atoms with van der Waals surface area (Å²) in [4.78, 5) is 4.50. The highest BCUT2D eigenvalue weighted by Gasteiger charge is 2.20. The minimum absolute atomic E-state index is 0.252. The maximum Gasteiger partial charge on any atom is 0.203 e. The number of hydrogen-bond donors (Lipinski definition) is 0. The highest BCUT2D eigenvalue weighted by molar-refractivity contribution is 7.71. The molecule has 1 saturated heterocycles. The van der Waals surface area contributed by atoms with Gasteiger partial charge in [0.1, 0.15) is 17.9 Å². The van der Waals surface area contributed by atoms with Crippen LogP contribution in [0, 0.1) is 10.6 Å². The molecular weight excluding hydrogens is 425 g/mol. The van der Waals surface area contributed by atoms with E-state index in [1.165, 1.54) is 6.07 Å². The standard InChI is InChI=1S/C21H23ClFN5OS/c1-29-20-8-3-2-7-19(20)27-14-24-28(21(27)30)15-26-11-9-25(10-12-26)13-16-17(22)5-4-6-18(16)23/h2-8,14H,9-13,15H2,1H3. The molecule has 0 amide bonds. The highest BCUT2D eigenvalue weighted by Crippen LogP contribution is 2.23. The lowest BCUT2D eigenvalue weighted by Gasteiger charge is -2.34. The summed E-state index contributed by atoms with van der Waals surface area (Å²) >= 11 is 11.8. The molecule has 3 aromatic rings. The molecular formula is C21H23ClFN5OS. The van der Waals surface area contributed by atoms with Crippen molar-refractivity contribution < 1.29 is 9.13 Å². The number of ether oxygens (including phenoxy) is 1. The summed E-state index contributed by atoms with van der Waals surface area (Å²) in [6.07, 6.45) is 1.72. The fourth-order valence-corrected chi connectivity index (χ4v) is 4.09. The van der Waals surface area contributed by atoms with Gasteiger partial charge in [-0.3, -0.25) is 14.4 Å². The van der Waals surface area contributed by atoms with Crippen molar-refractivity contribution in [3.63, 3.8) is 0 Å². The third kappa shape index (κ3) is 4.41. The third-order valence-electron chi connectivity index (χ3n) is 5.32. The van der Waals surface area contributed by atoms with Crippen LogP contribution in [0.1, 0.15) is 5.56 Å². The first kappa shape index (κ1) is 21.0. The molecule has 0 bridgehead atoms. The van der Waals surface area contributed by atoms with Crippen LogP contribution in [-0.4, -0.2) is 57.4 Å². The molecule has 0 saturated carbocycles. The van der Waals surface area contributed by atoms with E-state index in [1.807, 2.05) is 33.5 Å². The number of methoxy groups -OCH3 is 1. The van der Waals surface area contributed by atoms with Crippen molar-refractivity contribution in [3.8, 4) is 11.4 Å². The van der Waals surface area contributed by atoms with Crippen LogP contribution in [0.5, 0.6) is 5.75 Å². The third-order valence-corrected chi connectivity index (χ3v) is 6.08. The van der Waals surface area contributed by atoms with Gasteiger partial charge in [-0.15, -0.1) is 0 Å². The topological polar surface area (TPSA) is 38.5 Å². The van der Waals surface area contributed by atoms with Crippen molar-refractivity contribution in [3.05, 3.63) is 70.0 Å². The molecule has 30 heavy (non-hydrogen) atoms. The monoisotopic (exact) mass is 447 g/mol. The van der Waals surface area contributed by atoms with Crippen LogP contribution in [-0.2, 0) is 13.2 Å². The summed E-state index contributed by atoms with van der Waals surface area (Å²) in [7, 11) is 1.64. The minimum atomic E-state index is -0.252. The predicted octanol–water partition coefficient (Wildman–Crippen LogP) is 3.98. The normalized spacial score (nSPS) is 15.4. The summed E-state index contributed by atoms with van der Waals surface area (Å²) in [5, 5.41) is 4.95. The smallest absolute Gasteiger partial charge is 0.203 e. The molecule has 158 valence electrons. The average Bonchev–Trinajstić information content (AvgIpc) is 3.12. The highest BCUT2D eigenvalue weighted by atomic mass is 35.5. The molecule has 0 spiro atoms. The second-order valence-corrected chi connectivity index (χ2v) is 7.96. The minimum Gasteiger partial charge on any atom is -0.495 e. The number of halogens is 2. The number of hydrogen-bond acceptors (Lipinski definition) is 5. The van der Waals surface area contributed by atoms with E-state index >= 15 is 0 Å². The van der Waals surface area contributed by atoms with E-state index in [2.05, 4.69) is 14.9 Å². The van der Waals surface area contributed by atoms with Gasteiger partial charge in [-0.25, -0.2) is 9.07 Å². The molecule has 1 fully saturated rings. The van der Waals surface area contributed by atoms with Crippen molar-refractivity contribution in [2.75, 3.05) is 33.3 Å². The molecule has 6 nitrogen and oxygen atoms in total. The van der Waals surface area contributed by atoms with E-state index < -0.39 is 0 Å². The summed E-state index contributed by atoms with van der Waals surface area (Å²) in [5.74, 6) is 0.492. The summed E-state index contributed by atoms with van der Waals surface area (Å²) in [6, 6.07) is 12.5. The van der Waals surface area contributed by atoms with Gasteiger partial charge in [0, 0.05) is 43.3 Å². The van der Waals surface area contributed by atoms with Crippen molar-refractivity contribution >= 4 is 23.8 Å². The molecule has 0 atom stereocenters. The molecule has 0 N–H and O–H groups in total. The zero-order chi connectivity index (χ0) is 21.1. The second-order valence-electron chi connectivity index (χ2n) is 7.19. The quantitative estimate of drug-likeness (QED) is 0.534. The first-order valence-corrected chi connectivity index (χ1v) is 10.5. The second kappa shape index (κ2) is 9.26. The lowest BCUT2D eigenvalue weighted by atomic mass is 10.2. The van der Waals surface area contributed by atoms with Gasteiger partial charge in [-0.05, 0) is 36.5 Å². The SMILES string of the molecule is COc1ccccc1-n1cnn(CN2CCN(Cc3c(F)cccc3Cl)CC2)c1=S. The summed E-state index contributed by atoms with van der Waals surface area (Å²) < 4.78 is 23.8. The van der Waals surface area contributed by atoms with Crippen molar-refractivity contribution in [1.29, 1.82) is 0 Å². The van der Waals surface area contributed by atoms with E-state index in [-0.39, 0.29) is 5.82 Å². The van der Waals surface area contributed by atoms with Crippen LogP contribution in [0.4, 0.5) is 4.39 Å². The number of aromatic nitrogens is 3. The number of para-hydroxylation sites is 2. The Bertz CT molecular complexity index is 1060. The van der Waals surface area contributed by atoms with Crippen LogP contribution in [0.3, 0.4) is 0 Å². The predicted molar refractivity (Wildman–Crippen MR) is 117 cm³/mol. The van der Waals surface area contributed by atoms with Crippen LogP contribution >= 0.6 is 23.8 Å². The molecule has 4 rings (SSSR count). The Labute approximate surface area is 185 Å². The first-order valence-electron chi connectivity index (χ1n) is 9.72. The molecule has 1 aliphatic rings. The average molecular weight is 448 g/mol. The fourth-order valence-electron chi connectivity index (χ4n) is 3.61.